The van der Waals surface area contributed by atoms with E-state index >= 15 is 0 Å². The van der Waals surface area contributed by atoms with Crippen LogP contribution < -0.4 is 14.2 Å². The number of hydrogen-bond donors (Lipinski definition) is 1. The predicted molar refractivity (Wildman–Crippen MR) is 96.1 cm³/mol. The molecule has 0 spiro atoms. The highest BCUT2D eigenvalue weighted by atomic mass is 16.5. The molecule has 2 aromatic carbocycles. The zero-order valence-corrected chi connectivity index (χ0v) is 14.7. The van der Waals surface area contributed by atoms with Crippen molar-refractivity contribution in [1.82, 2.24) is 0 Å². The number of fused-ring (bicyclic) bond motifs is 3. The van der Waals surface area contributed by atoms with Crippen LogP contribution in [0.5, 0.6) is 23.0 Å². The van der Waals surface area contributed by atoms with Crippen LogP contribution in [0.2, 0.25) is 0 Å². The third-order valence-corrected chi connectivity index (χ3v) is 5.34. The number of phenols is 1. The summed E-state index contributed by atoms with van der Waals surface area (Å²) >= 11 is 0. The second-order valence-electron chi connectivity index (χ2n) is 6.85. The van der Waals surface area contributed by atoms with Gasteiger partial charge in [-0.05, 0) is 43.4 Å². The number of ether oxygens (including phenoxy) is 3. The largest absolute Gasteiger partial charge is 0.508 e. The summed E-state index contributed by atoms with van der Waals surface area (Å²) in [7, 11) is 1.60. The predicted octanol–water partition coefficient (Wildman–Crippen LogP) is 4.22. The summed E-state index contributed by atoms with van der Waals surface area (Å²) in [5.74, 6) is 3.04. The second kappa shape index (κ2) is 6.51. The minimum absolute atomic E-state index is 0.143. The molecule has 4 nitrogen and oxygen atoms in total. The average molecular weight is 340 g/mol. The molecule has 132 valence electrons. The molecule has 0 saturated carbocycles. The van der Waals surface area contributed by atoms with Gasteiger partial charge in [-0.2, -0.15) is 0 Å². The third-order valence-electron chi connectivity index (χ3n) is 5.34. The molecule has 2 atom stereocenters. The molecule has 0 aromatic heterocycles. The van der Waals surface area contributed by atoms with Gasteiger partial charge < -0.3 is 19.3 Å². The van der Waals surface area contributed by atoms with Crippen LogP contribution in [-0.4, -0.2) is 24.9 Å². The van der Waals surface area contributed by atoms with Crippen LogP contribution in [0.3, 0.4) is 0 Å². The highest BCUT2D eigenvalue weighted by Crippen LogP contribution is 2.43. The Hall–Kier alpha value is -2.36. The zero-order valence-electron chi connectivity index (χ0n) is 14.7. The summed E-state index contributed by atoms with van der Waals surface area (Å²) < 4.78 is 17.4. The van der Waals surface area contributed by atoms with Gasteiger partial charge in [0.2, 0.25) is 0 Å². The van der Waals surface area contributed by atoms with Crippen LogP contribution in [0.1, 0.15) is 42.4 Å². The number of hydrogen-bond acceptors (Lipinski definition) is 4. The fourth-order valence-corrected chi connectivity index (χ4v) is 3.88. The molecule has 0 bridgehead atoms. The molecule has 0 aliphatic carbocycles. The SMILES string of the molecule is CCC1CCc2c(ccc3c2OCC(c2ccc(OC)cc2O)C3)O1. The number of rotatable bonds is 3. The first kappa shape index (κ1) is 16.1. The van der Waals surface area contributed by atoms with Crippen LogP contribution in [0.15, 0.2) is 30.3 Å². The maximum Gasteiger partial charge on any atom is 0.129 e. The van der Waals surface area contributed by atoms with Gasteiger partial charge in [-0.15, -0.1) is 0 Å². The van der Waals surface area contributed by atoms with Crippen LogP contribution in [-0.2, 0) is 12.8 Å². The second-order valence-corrected chi connectivity index (χ2v) is 6.85. The lowest BCUT2D eigenvalue weighted by Gasteiger charge is -2.32. The Kier molecular flexibility index (Phi) is 4.20. The van der Waals surface area contributed by atoms with E-state index in [4.69, 9.17) is 14.2 Å². The van der Waals surface area contributed by atoms with Crippen LogP contribution in [0, 0.1) is 0 Å². The Balaban J connectivity index is 1.60. The monoisotopic (exact) mass is 340 g/mol. The van der Waals surface area contributed by atoms with Crippen molar-refractivity contribution in [3.05, 3.63) is 47.0 Å². The summed E-state index contributed by atoms with van der Waals surface area (Å²) in [6.45, 7) is 2.73. The quantitative estimate of drug-likeness (QED) is 0.909. The van der Waals surface area contributed by atoms with E-state index in [0.29, 0.717) is 18.5 Å². The minimum Gasteiger partial charge on any atom is -0.508 e. The molecule has 2 heterocycles. The Morgan fingerprint density at radius 3 is 2.88 bits per heavy atom. The van der Waals surface area contributed by atoms with Gasteiger partial charge in [-0.25, -0.2) is 0 Å². The van der Waals surface area contributed by atoms with Gasteiger partial charge in [0.05, 0.1) is 19.8 Å². The van der Waals surface area contributed by atoms with Gasteiger partial charge in [0, 0.05) is 23.1 Å². The zero-order chi connectivity index (χ0) is 17.4. The first-order chi connectivity index (χ1) is 12.2. The summed E-state index contributed by atoms with van der Waals surface area (Å²) in [5.41, 5.74) is 3.31. The van der Waals surface area contributed by atoms with Gasteiger partial charge in [0.25, 0.3) is 0 Å². The highest BCUT2D eigenvalue weighted by Gasteiger charge is 2.29. The van der Waals surface area contributed by atoms with Gasteiger partial charge >= 0.3 is 0 Å². The lowest BCUT2D eigenvalue weighted by molar-refractivity contribution is 0.164. The van der Waals surface area contributed by atoms with E-state index in [2.05, 4.69) is 19.1 Å². The molecule has 0 radical (unpaired) electrons. The van der Waals surface area contributed by atoms with Crippen molar-refractivity contribution in [2.24, 2.45) is 0 Å². The van der Waals surface area contributed by atoms with Crippen molar-refractivity contribution in [1.29, 1.82) is 0 Å². The molecule has 2 aromatic rings. The van der Waals surface area contributed by atoms with Crippen molar-refractivity contribution in [2.45, 2.75) is 44.6 Å². The topological polar surface area (TPSA) is 47.9 Å². The maximum absolute atomic E-state index is 10.3. The lowest BCUT2D eigenvalue weighted by atomic mass is 9.87. The van der Waals surface area contributed by atoms with Gasteiger partial charge in [0.1, 0.15) is 23.0 Å². The van der Waals surface area contributed by atoms with Crippen molar-refractivity contribution in [3.8, 4) is 23.0 Å². The Bertz CT molecular complexity index is 784. The summed E-state index contributed by atoms with van der Waals surface area (Å²) in [6.07, 6.45) is 4.27. The molecule has 2 unspecified atom stereocenters. The Morgan fingerprint density at radius 1 is 1.24 bits per heavy atom. The standard InChI is InChI=1S/C21H24O4/c1-3-15-5-8-18-20(25-15)9-4-13-10-14(12-24-21(13)18)17-7-6-16(23-2)11-19(17)22/h4,6-7,9,11,14-15,22H,3,5,8,10,12H2,1-2H3. The molecular weight excluding hydrogens is 316 g/mol. The van der Waals surface area contributed by atoms with E-state index in [0.717, 1.165) is 42.7 Å². The van der Waals surface area contributed by atoms with Crippen molar-refractivity contribution in [2.75, 3.05) is 13.7 Å². The third kappa shape index (κ3) is 2.90. The smallest absolute Gasteiger partial charge is 0.129 e. The average Bonchev–Trinajstić information content (AvgIpc) is 2.66. The number of phenolic OH excluding ortho intramolecular Hbond substituents is 1. The molecule has 4 heteroatoms. The van der Waals surface area contributed by atoms with E-state index in [-0.39, 0.29) is 11.7 Å². The molecule has 0 saturated heterocycles. The number of aromatic hydroxyl groups is 1. The first-order valence-electron chi connectivity index (χ1n) is 9.00. The van der Waals surface area contributed by atoms with E-state index in [1.807, 2.05) is 12.1 Å². The molecule has 25 heavy (non-hydrogen) atoms. The van der Waals surface area contributed by atoms with E-state index in [1.165, 1.54) is 11.1 Å². The summed E-state index contributed by atoms with van der Waals surface area (Å²) in [5, 5.41) is 10.3. The van der Waals surface area contributed by atoms with E-state index in [9.17, 15) is 5.11 Å². The van der Waals surface area contributed by atoms with Gasteiger partial charge in [-0.3, -0.25) is 0 Å². The van der Waals surface area contributed by atoms with Crippen molar-refractivity contribution >= 4 is 0 Å². The lowest BCUT2D eigenvalue weighted by Crippen LogP contribution is -2.25. The van der Waals surface area contributed by atoms with E-state index in [1.54, 1.807) is 13.2 Å². The highest BCUT2D eigenvalue weighted by molar-refractivity contribution is 5.53. The van der Waals surface area contributed by atoms with Crippen LogP contribution in [0.25, 0.3) is 0 Å². The number of benzene rings is 2. The van der Waals surface area contributed by atoms with Crippen molar-refractivity contribution < 1.29 is 19.3 Å². The van der Waals surface area contributed by atoms with Crippen LogP contribution in [0.4, 0.5) is 0 Å². The minimum atomic E-state index is 0.143. The molecule has 2 aliphatic rings. The molecule has 2 aliphatic heterocycles. The number of methoxy groups -OCH3 is 1. The summed E-state index contributed by atoms with van der Waals surface area (Å²) in [6, 6.07) is 9.67. The first-order valence-corrected chi connectivity index (χ1v) is 9.00. The van der Waals surface area contributed by atoms with Crippen LogP contribution >= 0.6 is 0 Å². The fourth-order valence-electron chi connectivity index (χ4n) is 3.88. The van der Waals surface area contributed by atoms with Crippen molar-refractivity contribution in [3.63, 3.8) is 0 Å². The molecule has 1 N–H and O–H groups in total. The normalized spacial score (nSPS) is 21.5. The molecule has 4 rings (SSSR count). The summed E-state index contributed by atoms with van der Waals surface area (Å²) in [4.78, 5) is 0. The van der Waals surface area contributed by atoms with E-state index < -0.39 is 0 Å². The molecule has 0 amide bonds. The maximum atomic E-state index is 10.3. The van der Waals surface area contributed by atoms with Gasteiger partial charge in [-0.1, -0.05) is 19.1 Å². The Labute approximate surface area is 148 Å². The van der Waals surface area contributed by atoms with Gasteiger partial charge in [0.15, 0.2) is 0 Å². The molecule has 0 fully saturated rings. The Morgan fingerprint density at radius 2 is 2.12 bits per heavy atom. The molecular formula is C21H24O4. The fraction of sp³-hybridized carbons (Fsp3) is 0.429.